The summed E-state index contributed by atoms with van der Waals surface area (Å²) in [5, 5.41) is 19.5. The number of ether oxygens (including phenoxy) is 7. The van der Waals surface area contributed by atoms with Crippen molar-refractivity contribution < 1.29 is 57.1 Å². The lowest BCUT2D eigenvalue weighted by molar-refractivity contribution is -0.118. The number of hydrogen-bond donors (Lipinski definition) is 6. The van der Waals surface area contributed by atoms with Crippen LogP contribution >= 0.6 is 75.6 Å². The molecule has 15 rings (SSSR count). The summed E-state index contributed by atoms with van der Waals surface area (Å²) in [6.07, 6.45) is 5.72. The molecule has 39 nitrogen and oxygen atoms in total. The molecular weight excluding hydrogens is 1500 g/mol. The van der Waals surface area contributed by atoms with Crippen LogP contribution in [-0.2, 0) is 44.9 Å². The van der Waals surface area contributed by atoms with Crippen molar-refractivity contribution in [1.29, 1.82) is 0 Å². The number of anilines is 6. The van der Waals surface area contributed by atoms with E-state index in [0.717, 1.165) is 16.5 Å². The first-order valence-corrected chi connectivity index (χ1v) is 33.9. The number of nitrogens with zero attached hydrogens (tertiary/aromatic N) is 18. The summed E-state index contributed by atoms with van der Waals surface area (Å²) in [6, 6.07) is 8.09. The second-order valence-corrected chi connectivity index (χ2v) is 25.2. The second-order valence-electron chi connectivity index (χ2n) is 22.9. The summed E-state index contributed by atoms with van der Waals surface area (Å²) in [5.74, 6) is 3.71. The van der Waals surface area contributed by atoms with Crippen molar-refractivity contribution in [2.75, 3.05) is 127 Å². The Labute approximate surface area is 633 Å². The molecule has 0 saturated carbocycles. The SMILES string of the molecule is C=C1CSc2ncc(N3C[C@H](CNCCOc4cnc5ccc(=O)n(C)c5n4)OC3=O)nc2N1.Cn1c(=O)cnc2cc(Cl)c(OCCNC[C@H]3CN(c4cnc5c(n4)NC(=O)CO5)C(=O)O3)nc21.Cn1c(=O)cnc2ccc(OCCNC[C@H]3CN(c4cnc5c(n4)NC(=O)CS5)C(=O)O3)nc21.S.S.S. The Morgan fingerprint density at radius 1 is 0.509 bits per heavy atom. The van der Waals surface area contributed by atoms with Crippen LogP contribution in [0.1, 0.15) is 0 Å². The fourth-order valence-electron chi connectivity index (χ4n) is 10.5. The Kier molecular flexibility index (Phi) is 25.8. The van der Waals surface area contributed by atoms with Gasteiger partial charge in [0, 0.05) is 84.0 Å². The van der Waals surface area contributed by atoms with Gasteiger partial charge in [-0.05, 0) is 18.2 Å². The molecular formula is C61H67ClN24O15S5. The minimum Gasteiger partial charge on any atom is -0.476 e. The molecule has 5 amide bonds. The number of hydrogen-bond acceptors (Lipinski definition) is 33. The zero-order valence-electron chi connectivity index (χ0n) is 56.3. The molecule has 3 fully saturated rings. The first kappa shape index (κ1) is 78.1. The van der Waals surface area contributed by atoms with Crippen LogP contribution in [0.15, 0.2) is 104 Å². The third-order valence-corrected chi connectivity index (χ3v) is 18.0. The molecule has 0 radical (unpaired) electrons. The van der Waals surface area contributed by atoms with Crippen LogP contribution in [0.2, 0.25) is 5.02 Å². The number of fused-ring (bicyclic) bond motifs is 6. The smallest absolute Gasteiger partial charge is 0.416 e. The molecule has 0 unspecified atom stereocenters. The fourth-order valence-corrected chi connectivity index (χ4v) is 12.1. The number of rotatable bonds is 21. The van der Waals surface area contributed by atoms with Crippen molar-refractivity contribution in [2.45, 2.75) is 28.4 Å². The highest BCUT2D eigenvalue weighted by Gasteiger charge is 2.37. The number of cyclic esters (lactones) is 3. The van der Waals surface area contributed by atoms with Gasteiger partial charge in [0.2, 0.25) is 23.5 Å². The van der Waals surface area contributed by atoms with Crippen LogP contribution in [0, 0.1) is 0 Å². The van der Waals surface area contributed by atoms with Crippen LogP contribution in [0.25, 0.3) is 33.5 Å². The van der Waals surface area contributed by atoms with Gasteiger partial charge in [0.05, 0.1) is 62.6 Å². The number of pyridine rings is 3. The quantitative estimate of drug-likeness (QED) is 0.0441. The van der Waals surface area contributed by atoms with Crippen LogP contribution in [-0.4, -0.2) is 219 Å². The average Bonchev–Trinajstić information content (AvgIpc) is 1.72. The maximum Gasteiger partial charge on any atom is 0.416 e. The number of carbonyl (C=O) groups is 5. The first-order valence-electron chi connectivity index (χ1n) is 31.5. The van der Waals surface area contributed by atoms with Gasteiger partial charge in [0.1, 0.15) is 69.8 Å². The van der Waals surface area contributed by atoms with Gasteiger partial charge in [-0.25, -0.2) is 59.2 Å². The molecule has 45 heteroatoms. The summed E-state index contributed by atoms with van der Waals surface area (Å²) in [6.45, 7) is 8.20. The predicted molar refractivity (Wildman–Crippen MR) is 401 cm³/mol. The highest BCUT2D eigenvalue weighted by atomic mass is 35.5. The van der Waals surface area contributed by atoms with E-state index in [9.17, 15) is 38.4 Å². The molecule has 106 heavy (non-hydrogen) atoms. The summed E-state index contributed by atoms with van der Waals surface area (Å²) in [4.78, 5) is 151. The number of aromatic nitrogens is 15. The lowest BCUT2D eigenvalue weighted by atomic mass is 10.3. The summed E-state index contributed by atoms with van der Waals surface area (Å²) < 4.78 is 42.5. The minimum atomic E-state index is -0.572. The van der Waals surface area contributed by atoms with Gasteiger partial charge in [0.25, 0.3) is 28.5 Å². The molecule has 6 aliphatic heterocycles. The number of amides is 5. The van der Waals surface area contributed by atoms with E-state index in [-0.39, 0.29) is 135 Å². The molecule has 9 aromatic heterocycles. The zero-order chi connectivity index (χ0) is 71.8. The van der Waals surface area contributed by atoms with E-state index in [4.69, 9.17) is 44.8 Å². The maximum absolute atomic E-state index is 12.4. The van der Waals surface area contributed by atoms with Crippen molar-refractivity contribution in [2.24, 2.45) is 21.1 Å². The van der Waals surface area contributed by atoms with E-state index >= 15 is 0 Å². The molecule has 15 heterocycles. The highest BCUT2D eigenvalue weighted by molar-refractivity contribution is 8.00. The third kappa shape index (κ3) is 18.4. The highest BCUT2D eigenvalue weighted by Crippen LogP contribution is 2.34. The van der Waals surface area contributed by atoms with Crippen LogP contribution < -0.4 is 82.2 Å². The number of aryl methyl sites for hydroxylation is 3. The van der Waals surface area contributed by atoms with Gasteiger partial charge in [0.15, 0.2) is 58.5 Å². The van der Waals surface area contributed by atoms with Gasteiger partial charge in [-0.15, -0.1) is 0 Å². The van der Waals surface area contributed by atoms with Crippen molar-refractivity contribution in [3.8, 4) is 23.5 Å². The van der Waals surface area contributed by atoms with E-state index in [1.54, 1.807) is 63.4 Å². The molecule has 0 spiro atoms. The molecule has 3 saturated heterocycles. The van der Waals surface area contributed by atoms with Crippen molar-refractivity contribution in [1.82, 2.24) is 89.5 Å². The van der Waals surface area contributed by atoms with E-state index in [1.807, 2.05) is 0 Å². The molecule has 558 valence electrons. The normalized spacial score (nSPS) is 16.8. The van der Waals surface area contributed by atoms with Gasteiger partial charge in [-0.3, -0.25) is 52.4 Å². The zero-order valence-corrected chi connectivity index (χ0v) is 61.7. The van der Waals surface area contributed by atoms with Crippen molar-refractivity contribution >= 4 is 174 Å². The minimum absolute atomic E-state index is 0. The Bertz CT molecular complexity index is 4830. The molecule has 0 bridgehead atoms. The summed E-state index contributed by atoms with van der Waals surface area (Å²) in [7, 11) is 4.85. The largest absolute Gasteiger partial charge is 0.476 e. The lowest BCUT2D eigenvalue weighted by Crippen LogP contribution is -2.33. The Balaban J connectivity index is 0.000000168. The molecule has 0 aliphatic carbocycles. The molecule has 3 atom stereocenters. The van der Waals surface area contributed by atoms with Crippen molar-refractivity contribution in [3.63, 3.8) is 0 Å². The van der Waals surface area contributed by atoms with E-state index < -0.39 is 24.4 Å². The van der Waals surface area contributed by atoms with E-state index in [0.29, 0.717) is 139 Å². The summed E-state index contributed by atoms with van der Waals surface area (Å²) >= 11 is 9.06. The molecule has 0 aromatic carbocycles. The Morgan fingerprint density at radius 3 is 1.56 bits per heavy atom. The molecule has 6 aliphatic rings. The molecule has 6 N–H and O–H groups in total. The van der Waals surface area contributed by atoms with Gasteiger partial charge in [-0.1, -0.05) is 41.7 Å². The predicted octanol–water partition coefficient (Wildman–Crippen LogP) is 1.74. The Morgan fingerprint density at radius 2 is 0.972 bits per heavy atom. The topological polar surface area (TPSA) is 453 Å². The summed E-state index contributed by atoms with van der Waals surface area (Å²) in [5.41, 5.74) is 3.10. The monoisotopic (exact) mass is 1570 g/mol. The van der Waals surface area contributed by atoms with Crippen LogP contribution in [0.4, 0.5) is 49.3 Å². The standard InChI is InChI=1S/C21H22N8O4S.C20H19ClN8O6.C20H20N8O5S.3H2S/c1-12-11-34-20-18(25-12)26-15(8-24-20)29-10-13(33-21(29)31)7-22-5-6-32-16-9-23-14-3-4-17(30)28(2)19(14)27-16;1-28-15(31)7-23-12-4-11(21)18(27-17(12)28)33-3-2-22-5-10-8-29(20(32)35-10)13-6-24-19-16(25-13)26-14(30)9-34-19;1-27-16(30)8-22-12-2-3-15(26-18(12)27)32-5-4-21-6-11-9-28(20(31)33-11)13-7-23-19-17(24-13)25-14(29)10-34-19;;;/h3-4,8-9,13,22H,1,5-7,10-11H2,2H3,(H,25,26);4,6-7,10,22H,2-3,5,8-9H2,1H3,(H,25,26,30);2-3,7-8,11,21H,4-6,9-10H2,1H3,(H,24,25,29);3*1H2/t13-;10-;11-;;;/m000.../s1. The third-order valence-electron chi connectivity index (χ3n) is 15.6. The number of carbonyl (C=O) groups excluding carboxylic acids is 5. The second kappa shape index (κ2) is 35.1. The van der Waals surface area contributed by atoms with Crippen LogP contribution in [0.3, 0.4) is 0 Å². The van der Waals surface area contributed by atoms with Gasteiger partial charge < -0.3 is 65.1 Å². The van der Waals surface area contributed by atoms with Gasteiger partial charge in [-0.2, -0.15) is 55.4 Å². The maximum atomic E-state index is 12.4. The van der Waals surface area contributed by atoms with E-state index in [2.05, 4.69) is 98.3 Å². The Hall–Kier alpha value is -10.5. The number of halogens is 1. The average molecular weight is 1570 g/mol. The number of thioether (sulfide) groups is 2. The fraction of sp³-hybridized carbons (Fsp3) is 0.344. The van der Waals surface area contributed by atoms with Crippen LogP contribution in [0.5, 0.6) is 23.5 Å². The van der Waals surface area contributed by atoms with Gasteiger partial charge >= 0.3 is 18.3 Å². The molecule has 9 aromatic rings. The number of nitrogens with one attached hydrogen (secondary N) is 6. The lowest BCUT2D eigenvalue weighted by Gasteiger charge is -2.19. The van der Waals surface area contributed by atoms with E-state index in [1.165, 1.54) is 77.2 Å². The van der Waals surface area contributed by atoms with Crippen molar-refractivity contribution in [3.05, 3.63) is 116 Å². The first-order chi connectivity index (χ1) is 49.8.